The molecule has 3 N–H and O–H groups in total. The number of nitrogens with zero attached hydrogens (tertiary/aromatic N) is 3. The van der Waals surface area contributed by atoms with Gasteiger partial charge in [-0.2, -0.15) is 0 Å². The molecule has 1 aromatic rings. The average molecular weight is 323 g/mol. The van der Waals surface area contributed by atoms with Crippen LogP contribution in [0.15, 0.2) is 6.07 Å². The first kappa shape index (κ1) is 17.6. The predicted octanol–water partition coefficient (Wildman–Crippen LogP) is 0.475. The summed E-state index contributed by atoms with van der Waals surface area (Å²) in [5, 5.41) is 25.8. The van der Waals surface area contributed by atoms with E-state index in [4.69, 9.17) is 9.90 Å². The van der Waals surface area contributed by atoms with E-state index in [1.807, 2.05) is 13.0 Å². The first-order chi connectivity index (χ1) is 11.1. The molecule has 7 heteroatoms. The van der Waals surface area contributed by atoms with Gasteiger partial charge in [0.25, 0.3) is 6.47 Å². The van der Waals surface area contributed by atoms with Crippen molar-refractivity contribution in [3.8, 4) is 0 Å². The van der Waals surface area contributed by atoms with Gasteiger partial charge in [-0.3, -0.25) is 4.79 Å². The number of aryl methyl sites for hydroxylation is 2. The molecule has 1 saturated heterocycles. The van der Waals surface area contributed by atoms with E-state index in [0.717, 1.165) is 43.3 Å². The molecule has 1 aliphatic heterocycles. The topological polar surface area (TPSA) is 107 Å². The molecule has 7 nitrogen and oxygen atoms in total. The van der Waals surface area contributed by atoms with Gasteiger partial charge >= 0.3 is 0 Å². The van der Waals surface area contributed by atoms with Crippen LogP contribution in [0.25, 0.3) is 0 Å². The SMILES string of the molecule is CCCc1nc(C)cc(N2CC3C(C2)C3(CO)CO)n1.O=CO. The molecule has 23 heavy (non-hydrogen) atoms. The summed E-state index contributed by atoms with van der Waals surface area (Å²) in [4.78, 5) is 19.7. The van der Waals surface area contributed by atoms with Crippen molar-refractivity contribution in [2.45, 2.75) is 26.7 Å². The van der Waals surface area contributed by atoms with Gasteiger partial charge in [0.05, 0.1) is 13.2 Å². The number of carbonyl (C=O) groups is 1. The number of aromatic nitrogens is 2. The Labute approximate surface area is 136 Å². The van der Waals surface area contributed by atoms with E-state index in [2.05, 4.69) is 21.8 Å². The van der Waals surface area contributed by atoms with Gasteiger partial charge in [-0.15, -0.1) is 0 Å². The van der Waals surface area contributed by atoms with Gasteiger partial charge in [-0.1, -0.05) is 6.92 Å². The van der Waals surface area contributed by atoms with Crippen molar-refractivity contribution >= 4 is 12.3 Å². The molecule has 0 radical (unpaired) electrons. The number of rotatable bonds is 5. The molecule has 2 unspecified atom stereocenters. The molecule has 128 valence electrons. The van der Waals surface area contributed by atoms with Crippen LogP contribution in [0.5, 0.6) is 0 Å². The average Bonchev–Trinajstić information content (AvgIpc) is 2.89. The molecule has 0 aromatic carbocycles. The first-order valence-corrected chi connectivity index (χ1v) is 7.95. The number of hydrogen-bond donors (Lipinski definition) is 3. The zero-order valence-corrected chi connectivity index (χ0v) is 13.6. The van der Waals surface area contributed by atoms with E-state index in [-0.39, 0.29) is 25.1 Å². The molecule has 1 aliphatic carbocycles. The zero-order valence-electron chi connectivity index (χ0n) is 13.6. The van der Waals surface area contributed by atoms with Crippen LogP contribution in [0, 0.1) is 24.2 Å². The monoisotopic (exact) mass is 323 g/mol. The molecule has 1 aromatic heterocycles. The lowest BCUT2D eigenvalue weighted by atomic mass is 10.0. The van der Waals surface area contributed by atoms with E-state index in [1.54, 1.807) is 0 Å². The molecular weight excluding hydrogens is 298 g/mol. The van der Waals surface area contributed by atoms with Crippen LogP contribution in [-0.4, -0.2) is 58.1 Å². The van der Waals surface area contributed by atoms with Crippen molar-refractivity contribution in [1.29, 1.82) is 0 Å². The van der Waals surface area contributed by atoms with Crippen LogP contribution < -0.4 is 4.90 Å². The molecule has 0 amide bonds. The highest BCUT2D eigenvalue weighted by Gasteiger charge is 2.67. The van der Waals surface area contributed by atoms with E-state index in [1.165, 1.54) is 0 Å². The fourth-order valence-electron chi connectivity index (χ4n) is 3.65. The van der Waals surface area contributed by atoms with Crippen LogP contribution >= 0.6 is 0 Å². The fraction of sp³-hybridized carbons (Fsp3) is 0.688. The summed E-state index contributed by atoms with van der Waals surface area (Å²) < 4.78 is 0. The summed E-state index contributed by atoms with van der Waals surface area (Å²) in [6.07, 6.45) is 1.96. The summed E-state index contributed by atoms with van der Waals surface area (Å²) in [6.45, 7) is 5.84. The van der Waals surface area contributed by atoms with Gasteiger partial charge in [-0.05, 0) is 25.2 Å². The Balaban J connectivity index is 0.000000595. The molecule has 2 atom stereocenters. The highest BCUT2D eigenvalue weighted by atomic mass is 16.3. The summed E-state index contributed by atoms with van der Waals surface area (Å²) >= 11 is 0. The maximum Gasteiger partial charge on any atom is 0.290 e. The third kappa shape index (κ3) is 3.30. The second-order valence-corrected chi connectivity index (χ2v) is 6.31. The minimum atomic E-state index is -0.250. The number of fused-ring (bicyclic) bond motifs is 1. The molecule has 0 bridgehead atoms. The van der Waals surface area contributed by atoms with Crippen molar-refractivity contribution < 1.29 is 20.1 Å². The van der Waals surface area contributed by atoms with Crippen molar-refractivity contribution in [3.05, 3.63) is 17.6 Å². The van der Waals surface area contributed by atoms with E-state index in [9.17, 15) is 10.2 Å². The lowest BCUT2D eigenvalue weighted by Crippen LogP contribution is -2.32. The minimum absolute atomic E-state index is 0.0938. The van der Waals surface area contributed by atoms with Gasteiger partial charge in [0.2, 0.25) is 0 Å². The van der Waals surface area contributed by atoms with Crippen LogP contribution in [-0.2, 0) is 11.2 Å². The molecule has 1 saturated carbocycles. The van der Waals surface area contributed by atoms with Crippen molar-refractivity contribution in [2.75, 3.05) is 31.2 Å². The highest BCUT2D eigenvalue weighted by Crippen LogP contribution is 2.62. The zero-order chi connectivity index (χ0) is 17.0. The summed E-state index contributed by atoms with van der Waals surface area (Å²) in [7, 11) is 0. The Bertz CT molecular complexity index is 534. The smallest absolute Gasteiger partial charge is 0.290 e. The van der Waals surface area contributed by atoms with Gasteiger partial charge < -0.3 is 20.2 Å². The van der Waals surface area contributed by atoms with Crippen LogP contribution in [0.2, 0.25) is 0 Å². The minimum Gasteiger partial charge on any atom is -0.483 e. The van der Waals surface area contributed by atoms with Crippen LogP contribution in [0.4, 0.5) is 5.82 Å². The molecule has 2 aliphatic rings. The number of anilines is 1. The molecular formula is C16H25N3O4. The Morgan fingerprint density at radius 2 is 1.87 bits per heavy atom. The van der Waals surface area contributed by atoms with Crippen LogP contribution in [0.3, 0.4) is 0 Å². The third-order valence-electron chi connectivity index (χ3n) is 4.96. The van der Waals surface area contributed by atoms with Crippen molar-refractivity contribution in [3.63, 3.8) is 0 Å². The Kier molecular flexibility index (Phi) is 5.54. The summed E-state index contributed by atoms with van der Waals surface area (Å²) in [5.41, 5.74) is 0.778. The highest BCUT2D eigenvalue weighted by molar-refractivity contribution is 5.44. The lowest BCUT2D eigenvalue weighted by molar-refractivity contribution is -0.122. The normalized spacial score (nSPS) is 23.7. The Morgan fingerprint density at radius 1 is 1.30 bits per heavy atom. The largest absolute Gasteiger partial charge is 0.483 e. The van der Waals surface area contributed by atoms with Gasteiger partial charge in [-0.25, -0.2) is 9.97 Å². The molecule has 2 fully saturated rings. The number of aliphatic hydroxyl groups excluding tert-OH is 2. The fourth-order valence-corrected chi connectivity index (χ4v) is 3.65. The number of carboxylic acid groups (broad SMARTS) is 1. The second kappa shape index (κ2) is 7.23. The Hall–Kier alpha value is -1.73. The van der Waals surface area contributed by atoms with Crippen LogP contribution in [0.1, 0.15) is 24.9 Å². The van der Waals surface area contributed by atoms with Gasteiger partial charge in [0.15, 0.2) is 0 Å². The second-order valence-electron chi connectivity index (χ2n) is 6.31. The molecule has 0 spiro atoms. The predicted molar refractivity (Wildman–Crippen MR) is 85.3 cm³/mol. The maximum absolute atomic E-state index is 9.47. The number of piperidine rings is 1. The summed E-state index contributed by atoms with van der Waals surface area (Å²) in [6, 6.07) is 2.03. The quantitative estimate of drug-likeness (QED) is 0.676. The Morgan fingerprint density at radius 3 is 2.35 bits per heavy atom. The van der Waals surface area contributed by atoms with E-state index >= 15 is 0 Å². The number of hydrogen-bond acceptors (Lipinski definition) is 6. The van der Waals surface area contributed by atoms with Crippen molar-refractivity contribution in [1.82, 2.24) is 9.97 Å². The standard InChI is InChI=1S/C15H23N3O2.CH2O2/c1-3-4-13-16-10(2)5-14(17-13)18-6-11-12(7-18)15(11,8-19)9-20;2-1-3/h5,11-12,19-20H,3-4,6-9H2,1-2H3;1H,(H,2,3). The molecule has 3 rings (SSSR count). The number of aliphatic hydroxyl groups is 2. The van der Waals surface area contributed by atoms with E-state index < -0.39 is 0 Å². The lowest BCUT2D eigenvalue weighted by Gasteiger charge is -2.25. The van der Waals surface area contributed by atoms with E-state index in [0.29, 0.717) is 11.8 Å². The van der Waals surface area contributed by atoms with Gasteiger partial charge in [0, 0.05) is 36.7 Å². The summed E-state index contributed by atoms with van der Waals surface area (Å²) in [5.74, 6) is 2.72. The maximum atomic E-state index is 9.47. The van der Waals surface area contributed by atoms with Gasteiger partial charge in [0.1, 0.15) is 11.6 Å². The first-order valence-electron chi connectivity index (χ1n) is 7.95. The third-order valence-corrected chi connectivity index (χ3v) is 4.96. The molecule has 2 heterocycles. The van der Waals surface area contributed by atoms with Crippen molar-refractivity contribution in [2.24, 2.45) is 17.3 Å².